The molecule has 0 bridgehead atoms. The number of amides is 2. The van der Waals surface area contributed by atoms with E-state index in [1.54, 1.807) is 23.1 Å². The molecular formula is C21H27ClN4O3. The van der Waals surface area contributed by atoms with Gasteiger partial charge in [0.15, 0.2) is 6.23 Å². The summed E-state index contributed by atoms with van der Waals surface area (Å²) in [6.07, 6.45) is -0.808. The molecule has 2 aromatic carbocycles. The molecule has 0 aliphatic rings. The van der Waals surface area contributed by atoms with Crippen molar-refractivity contribution < 1.29 is 14.3 Å². The van der Waals surface area contributed by atoms with Crippen LogP contribution in [0.2, 0.25) is 5.02 Å². The summed E-state index contributed by atoms with van der Waals surface area (Å²) in [5.74, 6) is -0.587. The number of nitrogens with one attached hydrogen (secondary N) is 1. The highest BCUT2D eigenvalue weighted by molar-refractivity contribution is 6.31. The first kappa shape index (κ1) is 22.7. The molecule has 0 radical (unpaired) electrons. The molecule has 0 fully saturated rings. The monoisotopic (exact) mass is 418 g/mol. The number of ether oxygens (including phenoxy) is 1. The van der Waals surface area contributed by atoms with E-state index in [1.165, 1.54) is 0 Å². The van der Waals surface area contributed by atoms with Gasteiger partial charge < -0.3 is 16.2 Å². The predicted molar refractivity (Wildman–Crippen MR) is 114 cm³/mol. The second-order valence-corrected chi connectivity index (χ2v) is 6.96. The molecule has 156 valence electrons. The van der Waals surface area contributed by atoms with E-state index in [-0.39, 0.29) is 6.42 Å². The SMILES string of the molecule is CCc1ccc(NC(=O)OC(CC(N)=O)N(CCN)Cc2ccccc2Cl)cc1. The van der Waals surface area contributed by atoms with E-state index in [0.717, 1.165) is 17.5 Å². The van der Waals surface area contributed by atoms with Gasteiger partial charge in [-0.05, 0) is 35.7 Å². The maximum absolute atomic E-state index is 12.4. The number of carbonyl (C=O) groups excluding carboxylic acids is 2. The highest BCUT2D eigenvalue weighted by Gasteiger charge is 2.25. The van der Waals surface area contributed by atoms with Crippen LogP contribution in [-0.2, 0) is 22.5 Å². The van der Waals surface area contributed by atoms with Crippen molar-refractivity contribution in [2.45, 2.75) is 32.5 Å². The maximum atomic E-state index is 12.4. The first-order chi connectivity index (χ1) is 13.9. The van der Waals surface area contributed by atoms with Crippen molar-refractivity contribution in [1.29, 1.82) is 0 Å². The molecule has 5 N–H and O–H groups in total. The van der Waals surface area contributed by atoms with Crippen LogP contribution in [0.15, 0.2) is 48.5 Å². The Labute approximate surface area is 176 Å². The molecule has 2 rings (SSSR count). The number of nitrogens with zero attached hydrogens (tertiary/aromatic N) is 1. The zero-order chi connectivity index (χ0) is 21.2. The molecule has 0 aliphatic carbocycles. The summed E-state index contributed by atoms with van der Waals surface area (Å²) in [6, 6.07) is 14.8. The number of hydrogen-bond acceptors (Lipinski definition) is 5. The smallest absolute Gasteiger partial charge is 0.413 e. The molecule has 0 saturated heterocycles. The van der Waals surface area contributed by atoms with E-state index in [9.17, 15) is 9.59 Å². The molecule has 0 aromatic heterocycles. The second-order valence-electron chi connectivity index (χ2n) is 6.56. The fourth-order valence-corrected chi connectivity index (χ4v) is 3.04. The van der Waals surface area contributed by atoms with Gasteiger partial charge in [0.05, 0.1) is 6.42 Å². The summed E-state index contributed by atoms with van der Waals surface area (Å²) in [6.45, 7) is 3.11. The van der Waals surface area contributed by atoms with Gasteiger partial charge in [-0.15, -0.1) is 0 Å². The lowest BCUT2D eigenvalue weighted by Crippen LogP contribution is -2.44. The minimum Gasteiger partial charge on any atom is -0.429 e. The molecule has 0 saturated carbocycles. The molecule has 0 spiro atoms. The summed E-state index contributed by atoms with van der Waals surface area (Å²) >= 11 is 6.25. The van der Waals surface area contributed by atoms with Crippen molar-refractivity contribution in [3.05, 3.63) is 64.7 Å². The first-order valence-electron chi connectivity index (χ1n) is 9.45. The van der Waals surface area contributed by atoms with E-state index >= 15 is 0 Å². The van der Waals surface area contributed by atoms with Gasteiger partial charge in [-0.2, -0.15) is 0 Å². The Kier molecular flexibility index (Phi) is 8.92. The minimum atomic E-state index is -0.873. The molecular weight excluding hydrogens is 392 g/mol. The Bertz CT molecular complexity index is 814. The minimum absolute atomic E-state index is 0.160. The number of nitrogens with two attached hydrogens (primary N) is 2. The number of carbonyl (C=O) groups is 2. The van der Waals surface area contributed by atoms with Crippen LogP contribution in [0.5, 0.6) is 0 Å². The number of aryl methyl sites for hydroxylation is 1. The van der Waals surface area contributed by atoms with Gasteiger partial charge in [0.1, 0.15) is 0 Å². The van der Waals surface area contributed by atoms with Crippen molar-refractivity contribution in [2.24, 2.45) is 11.5 Å². The molecule has 8 heteroatoms. The lowest BCUT2D eigenvalue weighted by Gasteiger charge is -2.30. The van der Waals surface area contributed by atoms with Gasteiger partial charge >= 0.3 is 6.09 Å². The van der Waals surface area contributed by atoms with Gasteiger partial charge in [-0.3, -0.25) is 15.0 Å². The fraction of sp³-hybridized carbons (Fsp3) is 0.333. The Morgan fingerprint density at radius 2 is 1.86 bits per heavy atom. The average Bonchev–Trinajstić information content (AvgIpc) is 2.69. The highest BCUT2D eigenvalue weighted by atomic mass is 35.5. The number of benzene rings is 2. The van der Waals surface area contributed by atoms with Crippen LogP contribution in [0.3, 0.4) is 0 Å². The number of primary amides is 1. The quantitative estimate of drug-likeness (QED) is 0.513. The van der Waals surface area contributed by atoms with E-state index in [4.69, 9.17) is 27.8 Å². The molecule has 7 nitrogen and oxygen atoms in total. The van der Waals surface area contributed by atoms with Gasteiger partial charge in [-0.1, -0.05) is 48.9 Å². The summed E-state index contributed by atoms with van der Waals surface area (Å²) in [7, 11) is 0. The topological polar surface area (TPSA) is 111 Å². The van der Waals surface area contributed by atoms with Crippen molar-refractivity contribution >= 4 is 29.3 Å². The van der Waals surface area contributed by atoms with E-state index in [2.05, 4.69) is 12.2 Å². The average molecular weight is 419 g/mol. The maximum Gasteiger partial charge on any atom is 0.413 e. The van der Waals surface area contributed by atoms with Crippen molar-refractivity contribution in [3.8, 4) is 0 Å². The Morgan fingerprint density at radius 3 is 2.45 bits per heavy atom. The number of anilines is 1. The third-order valence-corrected chi connectivity index (χ3v) is 4.75. The molecule has 1 unspecified atom stereocenters. The van der Waals surface area contributed by atoms with Crippen LogP contribution >= 0.6 is 11.6 Å². The van der Waals surface area contributed by atoms with Gasteiger partial charge in [0.2, 0.25) is 5.91 Å². The summed E-state index contributed by atoms with van der Waals surface area (Å²) in [5.41, 5.74) is 13.7. The normalized spacial score (nSPS) is 11.9. The third kappa shape index (κ3) is 7.38. The molecule has 0 aliphatic heterocycles. The van der Waals surface area contributed by atoms with Crippen molar-refractivity contribution in [3.63, 3.8) is 0 Å². The van der Waals surface area contributed by atoms with Crippen molar-refractivity contribution in [1.82, 2.24) is 4.90 Å². The largest absolute Gasteiger partial charge is 0.429 e. The third-order valence-electron chi connectivity index (χ3n) is 4.38. The van der Waals surface area contributed by atoms with E-state index in [0.29, 0.717) is 30.3 Å². The fourth-order valence-electron chi connectivity index (χ4n) is 2.85. The zero-order valence-corrected chi connectivity index (χ0v) is 17.2. The number of halogens is 1. The molecule has 1 atom stereocenters. The molecule has 29 heavy (non-hydrogen) atoms. The Morgan fingerprint density at radius 1 is 1.17 bits per heavy atom. The van der Waals surface area contributed by atoms with Crippen LogP contribution < -0.4 is 16.8 Å². The van der Waals surface area contributed by atoms with E-state index < -0.39 is 18.2 Å². The molecule has 2 amide bonds. The Balaban J connectivity index is 2.12. The summed E-state index contributed by atoms with van der Waals surface area (Å²) in [5, 5.41) is 3.25. The summed E-state index contributed by atoms with van der Waals surface area (Å²) < 4.78 is 5.53. The first-order valence-corrected chi connectivity index (χ1v) is 9.83. The van der Waals surface area contributed by atoms with Gasteiger partial charge in [0.25, 0.3) is 0 Å². The lowest BCUT2D eigenvalue weighted by molar-refractivity contribution is -0.123. The van der Waals surface area contributed by atoms with Crippen LogP contribution in [0, 0.1) is 0 Å². The second kappa shape index (κ2) is 11.4. The van der Waals surface area contributed by atoms with Gasteiger partial charge in [0, 0.05) is 30.3 Å². The standard InChI is InChI=1S/C21H27ClN4O3/c1-2-15-7-9-17(10-8-15)25-21(28)29-20(13-19(24)27)26(12-11-23)14-16-5-3-4-6-18(16)22/h3-10,20H,2,11-14,23H2,1H3,(H2,24,27)(H,25,28). The number of rotatable bonds is 10. The highest BCUT2D eigenvalue weighted by Crippen LogP contribution is 2.20. The van der Waals surface area contributed by atoms with Crippen molar-refractivity contribution in [2.75, 3.05) is 18.4 Å². The Hall–Kier alpha value is -2.61. The van der Waals surface area contributed by atoms with E-state index in [1.807, 2.05) is 30.3 Å². The van der Waals surface area contributed by atoms with Crippen LogP contribution in [-0.4, -0.2) is 36.2 Å². The zero-order valence-electron chi connectivity index (χ0n) is 16.4. The summed E-state index contributed by atoms with van der Waals surface area (Å²) in [4.78, 5) is 25.8. The lowest BCUT2D eigenvalue weighted by atomic mass is 10.1. The molecule has 2 aromatic rings. The van der Waals surface area contributed by atoms with Crippen LogP contribution in [0.4, 0.5) is 10.5 Å². The predicted octanol–water partition coefficient (Wildman–Crippen LogP) is 3.11. The number of hydrogen-bond donors (Lipinski definition) is 3. The molecule has 0 heterocycles. The van der Waals surface area contributed by atoms with Crippen LogP contribution in [0.25, 0.3) is 0 Å². The van der Waals surface area contributed by atoms with Crippen LogP contribution in [0.1, 0.15) is 24.5 Å². The van der Waals surface area contributed by atoms with Gasteiger partial charge in [-0.25, -0.2) is 4.79 Å².